The summed E-state index contributed by atoms with van der Waals surface area (Å²) < 4.78 is 7.44. The number of hydrogen-bond acceptors (Lipinski definition) is 10. The van der Waals surface area contributed by atoms with Crippen LogP contribution in [0, 0.1) is 0 Å². The SMILES string of the molecule is CNC(O)c1c(-c2cc(Cl)c3ncc(-c4cccc(-c5nc6[nH]c(=O)c(OC(=O)Cc7cccn7C)cc6cc5-c5cc(Cl)c6ncccc6c5)c4)cc3c2)c(-c2ccccc2)nc2[nH]c(=O)ccc12. The largest absolute Gasteiger partial charge is 0.420 e. The summed E-state index contributed by atoms with van der Waals surface area (Å²) in [6, 6.07) is 40.9. The third-order valence-corrected chi connectivity index (χ3v) is 12.9. The number of halogens is 2. The van der Waals surface area contributed by atoms with E-state index in [-0.39, 0.29) is 23.4 Å². The average molecular weight is 962 g/mol. The zero-order valence-electron chi connectivity index (χ0n) is 37.3. The summed E-state index contributed by atoms with van der Waals surface area (Å²) in [6.45, 7) is 0. The summed E-state index contributed by atoms with van der Waals surface area (Å²) in [4.78, 5) is 64.1. The van der Waals surface area contributed by atoms with Gasteiger partial charge in [-0.1, -0.05) is 77.8 Å². The number of aromatic amines is 2. The number of aryl methyl sites for hydroxylation is 1. The van der Waals surface area contributed by atoms with E-state index in [0.717, 1.165) is 44.3 Å². The molecule has 0 saturated carbocycles. The van der Waals surface area contributed by atoms with Gasteiger partial charge in [-0.05, 0) is 96.5 Å². The van der Waals surface area contributed by atoms with Crippen LogP contribution in [0.2, 0.25) is 10.0 Å². The fraction of sp³-hybridized carbons (Fsp3) is 0.0727. The molecule has 0 spiro atoms. The predicted octanol–water partition coefficient (Wildman–Crippen LogP) is 10.6. The first-order chi connectivity index (χ1) is 34.0. The molecule has 0 amide bonds. The Kier molecular flexibility index (Phi) is 11.3. The van der Waals surface area contributed by atoms with E-state index < -0.39 is 17.8 Å². The van der Waals surface area contributed by atoms with Crippen molar-refractivity contribution in [1.82, 2.24) is 39.8 Å². The van der Waals surface area contributed by atoms with Crippen LogP contribution in [0.5, 0.6) is 5.75 Å². The van der Waals surface area contributed by atoms with Crippen molar-refractivity contribution in [1.29, 1.82) is 0 Å². The first-order valence-corrected chi connectivity index (χ1v) is 22.9. The third kappa shape index (κ3) is 8.16. The second-order valence-electron chi connectivity index (χ2n) is 16.8. The summed E-state index contributed by atoms with van der Waals surface area (Å²) in [7, 11) is 3.48. The molecule has 0 bridgehead atoms. The van der Waals surface area contributed by atoms with E-state index in [9.17, 15) is 19.5 Å². The van der Waals surface area contributed by atoms with E-state index in [1.807, 2.05) is 133 Å². The van der Waals surface area contributed by atoms with Gasteiger partial charge in [-0.15, -0.1) is 0 Å². The number of carbonyl (C=O) groups excluding carboxylic acids is 1. The molecule has 0 saturated heterocycles. The van der Waals surface area contributed by atoms with Gasteiger partial charge in [0.25, 0.3) is 5.56 Å². The fourth-order valence-electron chi connectivity index (χ4n) is 9.00. The Morgan fingerprint density at radius 2 is 1.44 bits per heavy atom. The second-order valence-corrected chi connectivity index (χ2v) is 17.6. The highest BCUT2D eigenvalue weighted by molar-refractivity contribution is 6.36. The van der Waals surface area contributed by atoms with Gasteiger partial charge in [-0.3, -0.25) is 29.7 Å². The number of nitrogens with zero attached hydrogens (tertiary/aromatic N) is 5. The standard InChI is InChI=1S/C55H38Cl2N8O5/c1-58-55(69)47-39-15-16-44(66)61-53(39)63-51(29-9-4-3-5-10-29)46(47)34-21-35-22-37(28-60-50(35)42(57)25-34)30-11-6-12-31(19-30)48-40(33-20-32-13-7-17-59-49(32)41(56)24-33)23-36-26-43(54(68)64-52(36)62-48)70-45(67)27-38-14-8-18-65(38)2/h3-26,28,55,58,69H,27H2,1-2H3,(H,61,63,66)(H,62,64,68). The number of carbonyl (C=O) groups is 1. The fourth-order valence-corrected chi connectivity index (χ4v) is 9.55. The highest BCUT2D eigenvalue weighted by atomic mass is 35.5. The number of pyridine rings is 6. The van der Waals surface area contributed by atoms with Gasteiger partial charge in [0.05, 0.1) is 38.9 Å². The second kappa shape index (κ2) is 18.0. The van der Waals surface area contributed by atoms with Crippen LogP contribution in [0.15, 0.2) is 162 Å². The normalized spacial score (nSPS) is 12.0. The molecule has 4 aromatic carbocycles. The van der Waals surface area contributed by atoms with Crippen LogP contribution in [0.1, 0.15) is 17.5 Å². The number of fused-ring (bicyclic) bond motifs is 4. The Labute approximate surface area is 408 Å². The quantitative estimate of drug-likeness (QED) is 0.0761. The molecule has 1 atom stereocenters. The van der Waals surface area contributed by atoms with Crippen LogP contribution in [-0.2, 0) is 18.3 Å². The molecule has 13 nitrogen and oxygen atoms in total. The average Bonchev–Trinajstić information content (AvgIpc) is 3.78. The molecular formula is C55H38Cl2N8O5. The zero-order chi connectivity index (χ0) is 48.2. The van der Waals surface area contributed by atoms with Gasteiger partial charge in [0, 0.05) is 92.3 Å². The van der Waals surface area contributed by atoms with Crippen molar-refractivity contribution in [2.75, 3.05) is 7.05 Å². The van der Waals surface area contributed by atoms with Crippen molar-refractivity contribution in [2.24, 2.45) is 7.05 Å². The molecule has 7 aromatic heterocycles. The summed E-state index contributed by atoms with van der Waals surface area (Å²) in [5.74, 6) is -0.733. The van der Waals surface area contributed by atoms with Gasteiger partial charge in [0.15, 0.2) is 5.75 Å². The minimum atomic E-state index is -1.14. The van der Waals surface area contributed by atoms with Crippen molar-refractivity contribution < 1.29 is 14.6 Å². The minimum Gasteiger partial charge on any atom is -0.420 e. The van der Waals surface area contributed by atoms with E-state index in [2.05, 4.69) is 20.3 Å². The van der Waals surface area contributed by atoms with Crippen molar-refractivity contribution in [3.05, 3.63) is 194 Å². The number of esters is 1. The van der Waals surface area contributed by atoms with Crippen molar-refractivity contribution in [3.63, 3.8) is 0 Å². The van der Waals surface area contributed by atoms with Crippen molar-refractivity contribution >= 4 is 73.0 Å². The van der Waals surface area contributed by atoms with E-state index in [4.69, 9.17) is 42.9 Å². The van der Waals surface area contributed by atoms with Crippen LogP contribution in [0.25, 0.3) is 99.8 Å². The van der Waals surface area contributed by atoms with Gasteiger partial charge in [-0.25, -0.2) is 9.97 Å². The van der Waals surface area contributed by atoms with E-state index in [0.29, 0.717) is 71.1 Å². The van der Waals surface area contributed by atoms with Gasteiger partial charge in [-0.2, -0.15) is 0 Å². The molecule has 4 N–H and O–H groups in total. The number of ether oxygens (including phenoxy) is 1. The molecule has 7 heterocycles. The number of H-pyrrole nitrogens is 2. The van der Waals surface area contributed by atoms with Crippen LogP contribution in [0.4, 0.5) is 0 Å². The summed E-state index contributed by atoms with van der Waals surface area (Å²) in [5, 5.41) is 18.0. The Bertz CT molecular complexity index is 4040. The topological polar surface area (TPSA) is 181 Å². The Balaban J connectivity index is 1.05. The summed E-state index contributed by atoms with van der Waals surface area (Å²) >= 11 is 14.0. The van der Waals surface area contributed by atoms with Crippen LogP contribution < -0.4 is 21.2 Å². The molecule has 15 heteroatoms. The lowest BCUT2D eigenvalue weighted by molar-refractivity contribution is -0.133. The first-order valence-electron chi connectivity index (χ1n) is 22.1. The lowest BCUT2D eigenvalue weighted by Gasteiger charge is -2.21. The Hall–Kier alpha value is -8.33. The lowest BCUT2D eigenvalue weighted by atomic mass is 9.90. The summed E-state index contributed by atoms with van der Waals surface area (Å²) in [5.41, 5.74) is 9.05. The maximum atomic E-state index is 13.5. The number of benzene rings is 4. The van der Waals surface area contributed by atoms with Crippen LogP contribution >= 0.6 is 23.2 Å². The smallest absolute Gasteiger partial charge is 0.317 e. The number of aromatic nitrogens is 7. The molecule has 0 fully saturated rings. The van der Waals surface area contributed by atoms with E-state index in [1.54, 1.807) is 25.5 Å². The van der Waals surface area contributed by atoms with Crippen LogP contribution in [0.3, 0.4) is 0 Å². The summed E-state index contributed by atoms with van der Waals surface area (Å²) in [6.07, 6.45) is 4.11. The lowest BCUT2D eigenvalue weighted by Crippen LogP contribution is -2.19. The highest BCUT2D eigenvalue weighted by Gasteiger charge is 2.25. The zero-order valence-corrected chi connectivity index (χ0v) is 38.8. The number of rotatable bonds is 10. The van der Waals surface area contributed by atoms with Gasteiger partial charge >= 0.3 is 5.97 Å². The molecule has 11 aromatic rings. The molecular weight excluding hydrogens is 924 g/mol. The van der Waals surface area contributed by atoms with Crippen molar-refractivity contribution in [3.8, 4) is 61.6 Å². The molecule has 0 radical (unpaired) electrons. The molecule has 1 unspecified atom stereocenters. The number of aliphatic hydroxyl groups is 1. The number of nitrogens with one attached hydrogen (secondary N) is 3. The molecule has 342 valence electrons. The number of hydrogen-bond donors (Lipinski definition) is 4. The Morgan fingerprint density at radius 1 is 0.700 bits per heavy atom. The Morgan fingerprint density at radius 3 is 2.24 bits per heavy atom. The van der Waals surface area contributed by atoms with Gasteiger partial charge < -0.3 is 24.4 Å². The highest BCUT2D eigenvalue weighted by Crippen LogP contribution is 2.43. The van der Waals surface area contributed by atoms with E-state index in [1.165, 1.54) is 12.1 Å². The van der Waals surface area contributed by atoms with Gasteiger partial charge in [0.2, 0.25) is 5.56 Å². The minimum absolute atomic E-state index is 0.0207. The molecule has 0 aliphatic heterocycles. The molecule has 11 rings (SSSR count). The molecule has 70 heavy (non-hydrogen) atoms. The monoisotopic (exact) mass is 960 g/mol. The van der Waals surface area contributed by atoms with Crippen LogP contribution in [-0.4, -0.2) is 52.6 Å². The first kappa shape index (κ1) is 44.2. The van der Waals surface area contributed by atoms with Crippen molar-refractivity contribution in [2.45, 2.75) is 12.6 Å². The maximum absolute atomic E-state index is 13.5. The maximum Gasteiger partial charge on any atom is 0.317 e. The van der Waals surface area contributed by atoms with E-state index >= 15 is 0 Å². The molecule has 0 aliphatic rings. The molecule has 0 aliphatic carbocycles. The predicted molar refractivity (Wildman–Crippen MR) is 275 cm³/mol. The van der Waals surface area contributed by atoms with Gasteiger partial charge in [0.1, 0.15) is 17.5 Å². The third-order valence-electron chi connectivity index (χ3n) is 12.4. The number of aliphatic hydroxyl groups excluding tert-OH is 1.